The Morgan fingerprint density at radius 2 is 1.83 bits per heavy atom. The first-order valence-corrected chi connectivity index (χ1v) is 6.71. The summed E-state index contributed by atoms with van der Waals surface area (Å²) < 4.78 is 4.90. The van der Waals surface area contributed by atoms with E-state index in [9.17, 15) is 25.0 Å². The third-order valence-corrected chi connectivity index (χ3v) is 3.17. The average Bonchev–Trinajstić information content (AvgIpc) is 2.59. The average molecular weight is 328 g/mol. The standard InChI is InChI=1S/C16H12N2O6/c1-24-16-8-6-11(9-14(16)18(22)23)5-7-15(19)12-3-2-4-13(10-12)17(20)21/h2-10H,1H3/b7-5+. The monoisotopic (exact) mass is 328 g/mol. The van der Waals surface area contributed by atoms with Crippen LogP contribution in [-0.4, -0.2) is 22.7 Å². The number of non-ortho nitro benzene ring substituents is 1. The Morgan fingerprint density at radius 1 is 1.08 bits per heavy atom. The molecule has 2 rings (SSSR count). The van der Waals surface area contributed by atoms with Gasteiger partial charge in [0, 0.05) is 23.8 Å². The molecule has 0 unspecified atom stereocenters. The number of benzene rings is 2. The Hall–Kier alpha value is -3.55. The summed E-state index contributed by atoms with van der Waals surface area (Å²) >= 11 is 0. The van der Waals surface area contributed by atoms with E-state index in [4.69, 9.17) is 4.74 Å². The van der Waals surface area contributed by atoms with Crippen LogP contribution in [0.3, 0.4) is 0 Å². The molecular weight excluding hydrogens is 316 g/mol. The van der Waals surface area contributed by atoms with Crippen LogP contribution in [0.2, 0.25) is 0 Å². The molecule has 8 heteroatoms. The molecule has 0 amide bonds. The van der Waals surface area contributed by atoms with Crippen LogP contribution < -0.4 is 4.74 Å². The van der Waals surface area contributed by atoms with Crippen LogP contribution in [0.25, 0.3) is 6.08 Å². The van der Waals surface area contributed by atoms with Gasteiger partial charge in [-0.3, -0.25) is 25.0 Å². The fourth-order valence-electron chi connectivity index (χ4n) is 1.99. The van der Waals surface area contributed by atoms with E-state index in [1.165, 1.54) is 55.7 Å². The van der Waals surface area contributed by atoms with Crippen LogP contribution in [0, 0.1) is 20.2 Å². The molecule has 0 fully saturated rings. The van der Waals surface area contributed by atoms with Crippen LogP contribution in [0.5, 0.6) is 5.75 Å². The van der Waals surface area contributed by atoms with Gasteiger partial charge in [0.2, 0.25) is 0 Å². The minimum absolute atomic E-state index is 0.113. The molecule has 0 aliphatic carbocycles. The van der Waals surface area contributed by atoms with E-state index in [2.05, 4.69) is 0 Å². The van der Waals surface area contributed by atoms with E-state index >= 15 is 0 Å². The third-order valence-electron chi connectivity index (χ3n) is 3.17. The highest BCUT2D eigenvalue weighted by atomic mass is 16.6. The second kappa shape index (κ2) is 7.14. The SMILES string of the molecule is COc1ccc(/C=C/C(=O)c2cccc([N+](=O)[O-])c2)cc1[N+](=O)[O-]. The zero-order valence-corrected chi connectivity index (χ0v) is 12.5. The molecule has 2 aromatic rings. The van der Waals surface area contributed by atoms with Gasteiger partial charge in [-0.2, -0.15) is 0 Å². The highest BCUT2D eigenvalue weighted by Gasteiger charge is 2.14. The number of hydrogen-bond acceptors (Lipinski definition) is 6. The van der Waals surface area contributed by atoms with E-state index in [1.807, 2.05) is 0 Å². The lowest BCUT2D eigenvalue weighted by molar-refractivity contribution is -0.385. The quantitative estimate of drug-likeness (QED) is 0.347. The van der Waals surface area contributed by atoms with Crippen molar-refractivity contribution in [2.75, 3.05) is 7.11 Å². The Labute approximate surface area is 136 Å². The molecule has 0 aliphatic heterocycles. The Bertz CT molecular complexity index is 844. The lowest BCUT2D eigenvalue weighted by Gasteiger charge is -2.02. The number of allylic oxidation sites excluding steroid dienone is 1. The first kappa shape index (κ1) is 16.8. The highest BCUT2D eigenvalue weighted by molar-refractivity contribution is 6.07. The summed E-state index contributed by atoms with van der Waals surface area (Å²) in [7, 11) is 1.32. The highest BCUT2D eigenvalue weighted by Crippen LogP contribution is 2.28. The van der Waals surface area contributed by atoms with Crippen molar-refractivity contribution in [2.45, 2.75) is 0 Å². The van der Waals surface area contributed by atoms with Crippen LogP contribution in [-0.2, 0) is 0 Å². The number of rotatable bonds is 6. The van der Waals surface area contributed by atoms with Gasteiger partial charge in [-0.25, -0.2) is 0 Å². The van der Waals surface area contributed by atoms with Gasteiger partial charge < -0.3 is 4.74 Å². The fraction of sp³-hybridized carbons (Fsp3) is 0.0625. The smallest absolute Gasteiger partial charge is 0.311 e. The molecule has 0 N–H and O–H groups in total. The second-order valence-electron chi connectivity index (χ2n) is 4.69. The molecule has 8 nitrogen and oxygen atoms in total. The van der Waals surface area contributed by atoms with Gasteiger partial charge in [-0.1, -0.05) is 24.3 Å². The molecule has 0 spiro atoms. The molecule has 0 saturated carbocycles. The first-order chi connectivity index (χ1) is 11.4. The molecule has 24 heavy (non-hydrogen) atoms. The van der Waals surface area contributed by atoms with Crippen molar-refractivity contribution in [3.63, 3.8) is 0 Å². The van der Waals surface area contributed by atoms with Crippen LogP contribution in [0.1, 0.15) is 15.9 Å². The zero-order valence-electron chi connectivity index (χ0n) is 12.5. The fourth-order valence-corrected chi connectivity index (χ4v) is 1.99. The predicted octanol–water partition coefficient (Wildman–Crippen LogP) is 3.41. The first-order valence-electron chi connectivity index (χ1n) is 6.71. The Kier molecular flexibility index (Phi) is 5.00. The number of ketones is 1. The third kappa shape index (κ3) is 3.80. The number of carbonyl (C=O) groups excluding carboxylic acids is 1. The molecule has 0 radical (unpaired) electrons. The van der Waals surface area contributed by atoms with Gasteiger partial charge in [0.15, 0.2) is 11.5 Å². The normalized spacial score (nSPS) is 10.5. The Morgan fingerprint density at radius 3 is 2.46 bits per heavy atom. The number of nitro groups is 2. The van der Waals surface area contributed by atoms with E-state index < -0.39 is 15.6 Å². The minimum atomic E-state index is -0.590. The van der Waals surface area contributed by atoms with E-state index in [0.29, 0.717) is 5.56 Å². The van der Waals surface area contributed by atoms with Crippen LogP contribution in [0.4, 0.5) is 11.4 Å². The molecular formula is C16H12N2O6. The summed E-state index contributed by atoms with van der Waals surface area (Å²) in [4.78, 5) is 32.6. The molecule has 0 bridgehead atoms. The summed E-state index contributed by atoms with van der Waals surface area (Å²) in [5.74, 6) is -0.334. The topological polar surface area (TPSA) is 113 Å². The maximum atomic E-state index is 12.1. The largest absolute Gasteiger partial charge is 0.490 e. The summed E-state index contributed by atoms with van der Waals surface area (Å²) in [6.07, 6.45) is 2.60. The van der Waals surface area contributed by atoms with Crippen molar-refractivity contribution < 1.29 is 19.4 Å². The maximum absolute atomic E-state index is 12.1. The Balaban J connectivity index is 2.26. The van der Waals surface area contributed by atoms with Crippen molar-refractivity contribution in [2.24, 2.45) is 0 Å². The van der Waals surface area contributed by atoms with E-state index in [1.54, 1.807) is 6.07 Å². The number of ether oxygens (including phenoxy) is 1. The molecule has 0 aliphatic rings. The lowest BCUT2D eigenvalue weighted by atomic mass is 10.1. The molecule has 0 aromatic heterocycles. The lowest BCUT2D eigenvalue weighted by Crippen LogP contribution is -1.97. The summed E-state index contributed by atoms with van der Waals surface area (Å²) in [5.41, 5.74) is 0.182. The van der Waals surface area contributed by atoms with Gasteiger partial charge >= 0.3 is 5.69 Å². The zero-order chi connectivity index (χ0) is 17.7. The van der Waals surface area contributed by atoms with Gasteiger partial charge in [0.25, 0.3) is 5.69 Å². The summed E-state index contributed by atoms with van der Waals surface area (Å²) in [5, 5.41) is 21.7. The van der Waals surface area contributed by atoms with Gasteiger partial charge in [-0.05, 0) is 17.7 Å². The second-order valence-corrected chi connectivity index (χ2v) is 4.69. The number of nitro benzene ring substituents is 2. The van der Waals surface area contributed by atoms with Crippen molar-refractivity contribution in [3.8, 4) is 5.75 Å². The van der Waals surface area contributed by atoms with Crippen LogP contribution >= 0.6 is 0 Å². The van der Waals surface area contributed by atoms with Crippen LogP contribution in [0.15, 0.2) is 48.5 Å². The van der Waals surface area contributed by atoms with Gasteiger partial charge in [0.05, 0.1) is 17.0 Å². The van der Waals surface area contributed by atoms with Gasteiger partial charge in [-0.15, -0.1) is 0 Å². The van der Waals surface area contributed by atoms with Crippen molar-refractivity contribution in [3.05, 3.63) is 79.9 Å². The van der Waals surface area contributed by atoms with Crippen molar-refractivity contribution in [1.82, 2.24) is 0 Å². The van der Waals surface area contributed by atoms with Crippen molar-refractivity contribution >= 4 is 23.2 Å². The molecule has 2 aromatic carbocycles. The summed E-state index contributed by atoms with van der Waals surface area (Å²) in [6, 6.07) is 9.58. The summed E-state index contributed by atoms with van der Waals surface area (Å²) in [6.45, 7) is 0. The van der Waals surface area contributed by atoms with E-state index in [-0.39, 0.29) is 22.7 Å². The minimum Gasteiger partial charge on any atom is -0.490 e. The van der Waals surface area contributed by atoms with E-state index in [0.717, 1.165) is 0 Å². The molecule has 0 heterocycles. The number of hydrogen-bond donors (Lipinski definition) is 0. The van der Waals surface area contributed by atoms with Crippen molar-refractivity contribution in [1.29, 1.82) is 0 Å². The number of methoxy groups -OCH3 is 1. The van der Waals surface area contributed by atoms with Gasteiger partial charge in [0.1, 0.15) is 0 Å². The maximum Gasteiger partial charge on any atom is 0.311 e. The molecule has 122 valence electrons. The molecule has 0 saturated heterocycles. The molecule has 0 atom stereocenters. The number of nitrogens with zero attached hydrogens (tertiary/aromatic N) is 2. The predicted molar refractivity (Wildman–Crippen MR) is 86.1 cm³/mol. The number of carbonyl (C=O) groups is 1.